The molecule has 1 aromatic carbocycles. The van der Waals surface area contributed by atoms with E-state index in [0.717, 1.165) is 16.8 Å². The average molecular weight is 524 g/mol. The van der Waals surface area contributed by atoms with Crippen LogP contribution in [-0.4, -0.2) is 52.7 Å². The summed E-state index contributed by atoms with van der Waals surface area (Å²) in [5, 5.41) is 12.0. The van der Waals surface area contributed by atoms with Gasteiger partial charge in [-0.2, -0.15) is 0 Å². The number of aromatic nitrogens is 3. The smallest absolute Gasteiger partial charge is 0.338 e. The van der Waals surface area contributed by atoms with E-state index >= 15 is 0 Å². The van der Waals surface area contributed by atoms with Gasteiger partial charge in [-0.3, -0.25) is 9.78 Å². The van der Waals surface area contributed by atoms with E-state index in [0.29, 0.717) is 24.5 Å². The van der Waals surface area contributed by atoms with E-state index in [-0.39, 0.29) is 40.6 Å². The number of aromatic carboxylic acids is 1. The molecule has 0 unspecified atom stereocenters. The summed E-state index contributed by atoms with van der Waals surface area (Å²) in [5.41, 5.74) is 3.08. The molecule has 3 aromatic rings. The third-order valence-corrected chi connectivity index (χ3v) is 8.14. The summed E-state index contributed by atoms with van der Waals surface area (Å²) < 4.78 is 24.0. The quantitative estimate of drug-likeness (QED) is 0.455. The summed E-state index contributed by atoms with van der Waals surface area (Å²) >= 11 is 0. The van der Waals surface area contributed by atoms with Crippen molar-refractivity contribution in [3.8, 4) is 0 Å². The third-order valence-electron chi connectivity index (χ3n) is 6.39. The van der Waals surface area contributed by atoms with Crippen molar-refractivity contribution in [1.82, 2.24) is 20.3 Å². The standard InChI is InChI=1S/C26H29N5O5S/c1-4-37(35,36)21-7-5-17(6-8-21)12-28-24(32)19-11-18-9-10-31(23(16(2)3)22(18)27-13-19)26-29-14-20(15-30-26)25(33)34/h5-8,11,13-16,23H,4,9-10,12H2,1-3H3,(H,28,32)(H,33,34)/t23-/m1/s1. The molecule has 4 rings (SSSR count). The van der Waals surface area contributed by atoms with E-state index in [1.165, 1.54) is 12.4 Å². The van der Waals surface area contributed by atoms with E-state index in [1.54, 1.807) is 37.4 Å². The fourth-order valence-electron chi connectivity index (χ4n) is 4.38. The molecule has 37 heavy (non-hydrogen) atoms. The summed E-state index contributed by atoms with van der Waals surface area (Å²) in [6, 6.07) is 8.22. The highest BCUT2D eigenvalue weighted by Crippen LogP contribution is 2.36. The maximum absolute atomic E-state index is 12.8. The number of benzene rings is 1. The highest BCUT2D eigenvalue weighted by molar-refractivity contribution is 7.91. The lowest BCUT2D eigenvalue weighted by Gasteiger charge is -2.38. The van der Waals surface area contributed by atoms with Crippen LogP contribution in [0.15, 0.2) is 53.8 Å². The number of anilines is 1. The van der Waals surface area contributed by atoms with Crippen molar-refractivity contribution in [2.24, 2.45) is 5.92 Å². The van der Waals surface area contributed by atoms with Gasteiger partial charge in [0.25, 0.3) is 5.91 Å². The number of carbonyl (C=O) groups excluding carboxylic acids is 1. The van der Waals surface area contributed by atoms with Crippen molar-refractivity contribution in [2.75, 3.05) is 17.2 Å². The molecule has 1 aliphatic heterocycles. The van der Waals surface area contributed by atoms with Gasteiger partial charge in [-0.1, -0.05) is 32.9 Å². The lowest BCUT2D eigenvalue weighted by atomic mass is 9.89. The average Bonchev–Trinajstić information content (AvgIpc) is 2.90. The number of hydrogen-bond donors (Lipinski definition) is 2. The molecule has 11 heteroatoms. The van der Waals surface area contributed by atoms with E-state index in [1.807, 2.05) is 11.0 Å². The number of sulfone groups is 1. The molecule has 0 saturated heterocycles. The molecular weight excluding hydrogens is 494 g/mol. The topological polar surface area (TPSA) is 142 Å². The Morgan fingerprint density at radius 2 is 1.73 bits per heavy atom. The Kier molecular flexibility index (Phi) is 7.53. The lowest BCUT2D eigenvalue weighted by molar-refractivity contribution is 0.0695. The van der Waals surface area contributed by atoms with Gasteiger partial charge in [0.15, 0.2) is 9.84 Å². The van der Waals surface area contributed by atoms with Crippen molar-refractivity contribution in [2.45, 2.75) is 44.7 Å². The largest absolute Gasteiger partial charge is 0.478 e. The predicted octanol–water partition coefficient (Wildman–Crippen LogP) is 3.05. The van der Waals surface area contributed by atoms with E-state index in [4.69, 9.17) is 5.11 Å². The van der Waals surface area contributed by atoms with Crippen LogP contribution < -0.4 is 10.2 Å². The minimum atomic E-state index is -3.27. The van der Waals surface area contributed by atoms with Crippen molar-refractivity contribution in [3.63, 3.8) is 0 Å². The number of pyridine rings is 1. The molecule has 10 nitrogen and oxygen atoms in total. The number of carboxylic acid groups (broad SMARTS) is 1. The minimum Gasteiger partial charge on any atom is -0.478 e. The summed E-state index contributed by atoms with van der Waals surface area (Å²) in [7, 11) is -3.27. The Morgan fingerprint density at radius 3 is 2.32 bits per heavy atom. The van der Waals surface area contributed by atoms with Crippen LogP contribution in [0.2, 0.25) is 0 Å². The fraction of sp³-hybridized carbons (Fsp3) is 0.346. The number of amides is 1. The molecular formula is C26H29N5O5S. The predicted molar refractivity (Wildman–Crippen MR) is 137 cm³/mol. The first-order valence-corrected chi connectivity index (χ1v) is 13.7. The maximum Gasteiger partial charge on any atom is 0.338 e. The van der Waals surface area contributed by atoms with Crippen LogP contribution in [0.1, 0.15) is 64.3 Å². The normalized spacial score (nSPS) is 15.4. The number of hydrogen-bond acceptors (Lipinski definition) is 8. The van der Waals surface area contributed by atoms with Gasteiger partial charge in [-0.05, 0) is 41.7 Å². The van der Waals surface area contributed by atoms with Crippen LogP contribution in [0.3, 0.4) is 0 Å². The Hall–Kier alpha value is -3.86. The van der Waals surface area contributed by atoms with Crippen LogP contribution in [-0.2, 0) is 22.8 Å². The van der Waals surface area contributed by atoms with Crippen molar-refractivity contribution in [3.05, 3.63) is 76.9 Å². The molecule has 2 aromatic heterocycles. The first-order chi connectivity index (χ1) is 17.6. The van der Waals surface area contributed by atoms with E-state index in [2.05, 4.69) is 34.1 Å². The van der Waals surface area contributed by atoms with Gasteiger partial charge in [-0.25, -0.2) is 23.2 Å². The zero-order valence-corrected chi connectivity index (χ0v) is 21.7. The molecule has 0 radical (unpaired) electrons. The molecule has 1 atom stereocenters. The molecule has 194 valence electrons. The van der Waals surface area contributed by atoms with E-state index in [9.17, 15) is 18.0 Å². The molecule has 1 amide bonds. The second-order valence-corrected chi connectivity index (χ2v) is 11.5. The maximum atomic E-state index is 12.8. The van der Waals surface area contributed by atoms with Gasteiger partial charge >= 0.3 is 5.97 Å². The molecule has 0 fully saturated rings. The highest BCUT2D eigenvalue weighted by atomic mass is 32.2. The number of rotatable bonds is 8. The summed E-state index contributed by atoms with van der Waals surface area (Å²) in [4.78, 5) is 39.4. The van der Waals surface area contributed by atoms with Gasteiger partial charge in [0.1, 0.15) is 0 Å². The molecule has 1 aliphatic rings. The van der Waals surface area contributed by atoms with Crippen LogP contribution in [0.4, 0.5) is 5.95 Å². The Bertz CT molecular complexity index is 1410. The van der Waals surface area contributed by atoms with Crippen molar-refractivity contribution in [1.29, 1.82) is 0 Å². The number of nitrogens with zero attached hydrogens (tertiary/aromatic N) is 4. The SMILES string of the molecule is CCS(=O)(=O)c1ccc(CNC(=O)c2cnc3c(c2)CCN(c2ncc(C(=O)O)cn2)[C@@H]3C(C)C)cc1. The summed E-state index contributed by atoms with van der Waals surface area (Å²) in [6.07, 6.45) is 4.78. The molecule has 0 bridgehead atoms. The zero-order chi connectivity index (χ0) is 26.7. The molecule has 2 N–H and O–H groups in total. The summed E-state index contributed by atoms with van der Waals surface area (Å²) in [5.74, 6) is -0.709. The van der Waals surface area contributed by atoms with Gasteiger partial charge in [0.2, 0.25) is 5.95 Å². The van der Waals surface area contributed by atoms with Crippen LogP contribution in [0.5, 0.6) is 0 Å². The molecule has 0 spiro atoms. The highest BCUT2D eigenvalue weighted by Gasteiger charge is 2.33. The van der Waals surface area contributed by atoms with Gasteiger partial charge < -0.3 is 15.3 Å². The second-order valence-electron chi connectivity index (χ2n) is 9.21. The minimum absolute atomic E-state index is 0.0259. The van der Waals surface area contributed by atoms with Gasteiger partial charge in [0, 0.05) is 31.7 Å². The Balaban J connectivity index is 1.48. The van der Waals surface area contributed by atoms with Crippen molar-refractivity contribution >= 4 is 27.7 Å². The molecule has 0 saturated carbocycles. The summed E-state index contributed by atoms with van der Waals surface area (Å²) in [6.45, 7) is 6.59. The van der Waals surface area contributed by atoms with Gasteiger partial charge in [-0.15, -0.1) is 0 Å². The lowest BCUT2D eigenvalue weighted by Crippen LogP contribution is -2.40. The number of nitrogens with one attached hydrogen (secondary N) is 1. The number of carbonyl (C=O) groups is 2. The van der Waals surface area contributed by atoms with Crippen LogP contribution in [0.25, 0.3) is 0 Å². The Morgan fingerprint density at radius 1 is 1.08 bits per heavy atom. The first kappa shape index (κ1) is 26.2. The zero-order valence-electron chi connectivity index (χ0n) is 20.9. The van der Waals surface area contributed by atoms with Crippen LogP contribution >= 0.6 is 0 Å². The Labute approximate surface area is 215 Å². The third kappa shape index (κ3) is 5.61. The van der Waals surface area contributed by atoms with Crippen molar-refractivity contribution < 1.29 is 23.1 Å². The fourth-order valence-corrected chi connectivity index (χ4v) is 5.27. The monoisotopic (exact) mass is 523 g/mol. The molecule has 3 heterocycles. The number of fused-ring (bicyclic) bond motifs is 1. The first-order valence-electron chi connectivity index (χ1n) is 12.0. The molecule has 0 aliphatic carbocycles. The van der Waals surface area contributed by atoms with Crippen LogP contribution in [0, 0.1) is 5.92 Å². The second kappa shape index (κ2) is 10.6. The number of carboxylic acids is 1. The van der Waals surface area contributed by atoms with Gasteiger partial charge in [0.05, 0.1) is 33.5 Å². The van der Waals surface area contributed by atoms with E-state index < -0.39 is 15.8 Å².